The van der Waals surface area contributed by atoms with Gasteiger partial charge in [-0.2, -0.15) is 0 Å². The van der Waals surface area contributed by atoms with Crippen molar-refractivity contribution in [3.8, 4) is 0 Å². The molecule has 2 aromatic rings. The Hall–Kier alpha value is -1.73. The zero-order valence-corrected chi connectivity index (χ0v) is 15.1. The minimum absolute atomic E-state index is 0.0907. The van der Waals surface area contributed by atoms with Crippen molar-refractivity contribution in [2.24, 2.45) is 0 Å². The van der Waals surface area contributed by atoms with E-state index in [4.69, 9.17) is 0 Å². The molecule has 1 aliphatic rings. The van der Waals surface area contributed by atoms with Crippen LogP contribution in [0.15, 0.2) is 6.07 Å². The van der Waals surface area contributed by atoms with Crippen molar-refractivity contribution in [1.82, 2.24) is 9.88 Å². The van der Waals surface area contributed by atoms with Crippen LogP contribution in [0.5, 0.6) is 0 Å². The van der Waals surface area contributed by atoms with Crippen LogP contribution in [-0.2, 0) is 12.8 Å². The molecule has 0 unspecified atom stereocenters. The highest BCUT2D eigenvalue weighted by Gasteiger charge is 2.20. The number of rotatable bonds is 3. The first-order chi connectivity index (χ1) is 11.0. The molecular weight excluding hydrogens is 330 g/mol. The summed E-state index contributed by atoms with van der Waals surface area (Å²) in [4.78, 5) is 32.9. The van der Waals surface area contributed by atoms with E-state index in [0.29, 0.717) is 15.7 Å². The van der Waals surface area contributed by atoms with Gasteiger partial charge in [-0.1, -0.05) is 11.3 Å². The largest absolute Gasteiger partial charge is 0.344 e. The van der Waals surface area contributed by atoms with Crippen LogP contribution in [-0.4, -0.2) is 35.8 Å². The highest BCUT2D eigenvalue weighted by Crippen LogP contribution is 2.31. The number of amides is 2. The van der Waals surface area contributed by atoms with Crippen LogP contribution in [0.2, 0.25) is 0 Å². The Kier molecular flexibility index (Phi) is 4.50. The fraction of sp³-hybridized carbons (Fsp3) is 0.438. The monoisotopic (exact) mass is 349 g/mol. The van der Waals surface area contributed by atoms with Crippen LogP contribution in [0.25, 0.3) is 0 Å². The van der Waals surface area contributed by atoms with E-state index in [0.717, 1.165) is 17.7 Å². The summed E-state index contributed by atoms with van der Waals surface area (Å²) in [5.74, 6) is -0.228. The van der Waals surface area contributed by atoms with Gasteiger partial charge < -0.3 is 4.90 Å². The summed E-state index contributed by atoms with van der Waals surface area (Å²) in [5, 5.41) is 3.31. The Labute approximate surface area is 143 Å². The first kappa shape index (κ1) is 16.1. The van der Waals surface area contributed by atoms with Gasteiger partial charge in [0.1, 0.15) is 4.88 Å². The van der Waals surface area contributed by atoms with E-state index in [-0.39, 0.29) is 11.8 Å². The van der Waals surface area contributed by atoms with E-state index in [2.05, 4.69) is 10.3 Å². The Morgan fingerprint density at radius 3 is 2.65 bits per heavy atom. The molecule has 1 aliphatic carbocycles. The first-order valence-electron chi connectivity index (χ1n) is 7.57. The fourth-order valence-corrected chi connectivity index (χ4v) is 4.74. The van der Waals surface area contributed by atoms with Crippen LogP contribution >= 0.6 is 22.7 Å². The van der Waals surface area contributed by atoms with Gasteiger partial charge in [-0.15, -0.1) is 11.3 Å². The third-order valence-corrected chi connectivity index (χ3v) is 6.13. The summed E-state index contributed by atoms with van der Waals surface area (Å²) in [5.41, 5.74) is 1.96. The van der Waals surface area contributed by atoms with Crippen molar-refractivity contribution in [2.45, 2.75) is 32.6 Å². The molecule has 7 heteroatoms. The van der Waals surface area contributed by atoms with E-state index in [9.17, 15) is 9.59 Å². The minimum atomic E-state index is -0.137. The smallest absolute Gasteiger partial charge is 0.267 e. The lowest BCUT2D eigenvalue weighted by Crippen LogP contribution is -2.21. The molecule has 0 aromatic carbocycles. The summed E-state index contributed by atoms with van der Waals surface area (Å²) in [6.45, 7) is 1.78. The maximum absolute atomic E-state index is 12.4. The number of aromatic nitrogens is 1. The van der Waals surface area contributed by atoms with Gasteiger partial charge in [0.05, 0.1) is 10.6 Å². The number of nitrogens with one attached hydrogen (secondary N) is 1. The average Bonchev–Trinajstić information content (AvgIpc) is 3.09. The number of thiophene rings is 1. The van der Waals surface area contributed by atoms with Gasteiger partial charge in [-0.25, -0.2) is 4.98 Å². The normalized spacial score (nSPS) is 13.5. The highest BCUT2D eigenvalue weighted by molar-refractivity contribution is 7.18. The number of aryl methyl sites for hydroxylation is 3. The van der Waals surface area contributed by atoms with Crippen molar-refractivity contribution in [3.63, 3.8) is 0 Å². The molecule has 5 nitrogen and oxygen atoms in total. The number of hydrogen-bond acceptors (Lipinski definition) is 5. The lowest BCUT2D eigenvalue weighted by Gasteiger charge is -2.08. The lowest BCUT2D eigenvalue weighted by atomic mass is 9.99. The maximum Gasteiger partial charge on any atom is 0.267 e. The summed E-state index contributed by atoms with van der Waals surface area (Å²) in [6.07, 6.45) is 4.55. The van der Waals surface area contributed by atoms with E-state index >= 15 is 0 Å². The fourth-order valence-electron chi connectivity index (χ4n) is 2.61. The Bertz CT molecular complexity index is 738. The molecule has 0 aliphatic heterocycles. The second kappa shape index (κ2) is 6.41. The second-order valence-electron chi connectivity index (χ2n) is 5.85. The Morgan fingerprint density at radius 2 is 1.96 bits per heavy atom. The summed E-state index contributed by atoms with van der Waals surface area (Å²) in [6, 6.07) is 2.00. The van der Waals surface area contributed by atoms with Crippen LogP contribution < -0.4 is 5.32 Å². The van der Waals surface area contributed by atoms with E-state index in [1.165, 1.54) is 39.5 Å². The predicted molar refractivity (Wildman–Crippen MR) is 93.8 cm³/mol. The Morgan fingerprint density at radius 1 is 1.22 bits per heavy atom. The van der Waals surface area contributed by atoms with Crippen LogP contribution in [0.1, 0.15) is 48.3 Å². The molecule has 23 heavy (non-hydrogen) atoms. The van der Waals surface area contributed by atoms with Gasteiger partial charge in [0.25, 0.3) is 11.8 Å². The van der Waals surface area contributed by atoms with Gasteiger partial charge in [-0.3, -0.25) is 14.9 Å². The van der Waals surface area contributed by atoms with E-state index in [1.807, 2.05) is 6.07 Å². The molecule has 0 fully saturated rings. The molecule has 1 N–H and O–H groups in total. The zero-order chi connectivity index (χ0) is 16.6. The van der Waals surface area contributed by atoms with E-state index in [1.54, 1.807) is 32.4 Å². The zero-order valence-electron chi connectivity index (χ0n) is 13.4. The second-order valence-corrected chi connectivity index (χ2v) is 7.99. The van der Waals surface area contributed by atoms with Gasteiger partial charge >= 0.3 is 0 Å². The molecule has 0 spiro atoms. The topological polar surface area (TPSA) is 62.3 Å². The number of carbonyl (C=O) groups excluding carboxylic acids is 2. The number of fused-ring (bicyclic) bond motifs is 1. The molecule has 2 amide bonds. The molecule has 122 valence electrons. The van der Waals surface area contributed by atoms with Crippen molar-refractivity contribution in [3.05, 3.63) is 32.0 Å². The molecule has 0 radical (unpaired) electrons. The average molecular weight is 349 g/mol. The number of carbonyl (C=O) groups is 2. The van der Waals surface area contributed by atoms with Crippen molar-refractivity contribution in [1.29, 1.82) is 0 Å². The molecule has 0 saturated carbocycles. The molecular formula is C16H19N3O2S2. The molecule has 0 saturated heterocycles. The standard InChI is InChI=1S/C16H19N3O2S2/c1-9-13(15(21)19(2)3)23-16(17-9)18-14(20)12-8-10-6-4-5-7-11(10)22-12/h8H,4-7H2,1-3H3,(H,17,18,20). The Balaban J connectivity index is 1.77. The SMILES string of the molecule is Cc1nc(NC(=O)c2cc3c(s2)CCCC3)sc1C(=O)N(C)C. The predicted octanol–water partition coefficient (Wildman–Crippen LogP) is 3.35. The molecule has 3 rings (SSSR count). The maximum atomic E-state index is 12.4. The summed E-state index contributed by atoms with van der Waals surface area (Å²) < 4.78 is 0. The van der Waals surface area contributed by atoms with Gasteiger partial charge in [0, 0.05) is 19.0 Å². The first-order valence-corrected chi connectivity index (χ1v) is 9.21. The third-order valence-electron chi connectivity index (χ3n) is 3.84. The quantitative estimate of drug-likeness (QED) is 0.924. The molecule has 0 bridgehead atoms. The number of thiazole rings is 1. The number of hydrogen-bond donors (Lipinski definition) is 1. The van der Waals surface area contributed by atoms with Crippen LogP contribution in [0, 0.1) is 6.92 Å². The van der Waals surface area contributed by atoms with Crippen LogP contribution in [0.4, 0.5) is 5.13 Å². The molecule has 2 aromatic heterocycles. The van der Waals surface area contributed by atoms with Gasteiger partial charge in [0.15, 0.2) is 5.13 Å². The van der Waals surface area contributed by atoms with Crippen molar-refractivity contribution < 1.29 is 9.59 Å². The minimum Gasteiger partial charge on any atom is -0.344 e. The number of anilines is 1. The lowest BCUT2D eigenvalue weighted by molar-refractivity contribution is 0.0831. The van der Waals surface area contributed by atoms with E-state index < -0.39 is 0 Å². The van der Waals surface area contributed by atoms with Crippen LogP contribution in [0.3, 0.4) is 0 Å². The number of nitrogens with zero attached hydrogens (tertiary/aromatic N) is 2. The van der Waals surface area contributed by atoms with Crippen molar-refractivity contribution >= 4 is 39.6 Å². The van der Waals surface area contributed by atoms with Gasteiger partial charge in [-0.05, 0) is 44.2 Å². The van der Waals surface area contributed by atoms with Gasteiger partial charge in [0.2, 0.25) is 0 Å². The highest BCUT2D eigenvalue weighted by atomic mass is 32.1. The molecule has 2 heterocycles. The third kappa shape index (κ3) is 3.30. The summed E-state index contributed by atoms with van der Waals surface area (Å²) in [7, 11) is 3.41. The summed E-state index contributed by atoms with van der Waals surface area (Å²) >= 11 is 2.80. The van der Waals surface area contributed by atoms with Crippen molar-refractivity contribution in [2.75, 3.05) is 19.4 Å². The molecule has 0 atom stereocenters.